The summed E-state index contributed by atoms with van der Waals surface area (Å²) < 4.78 is 5.47. The summed E-state index contributed by atoms with van der Waals surface area (Å²) in [5.74, 6) is -0.754. The van der Waals surface area contributed by atoms with Crippen LogP contribution < -0.4 is 10.6 Å². The minimum Gasteiger partial charge on any atom is -0.508 e. The Morgan fingerprint density at radius 1 is 0.976 bits per heavy atom. The van der Waals surface area contributed by atoms with Crippen molar-refractivity contribution in [3.05, 3.63) is 113 Å². The predicted octanol–water partition coefficient (Wildman–Crippen LogP) is 5.52. The van der Waals surface area contributed by atoms with E-state index in [0.717, 1.165) is 16.7 Å². The van der Waals surface area contributed by atoms with E-state index in [4.69, 9.17) is 4.74 Å². The maximum atomic E-state index is 14.4. The molecule has 0 fully saturated rings. The number of carbonyl (C=O) groups is 3. The van der Waals surface area contributed by atoms with Crippen LogP contribution in [0.2, 0.25) is 0 Å². The topological polar surface area (TPSA) is 108 Å². The maximum Gasteiger partial charge on any atom is 0.408 e. The van der Waals surface area contributed by atoms with Crippen molar-refractivity contribution in [2.24, 2.45) is 0 Å². The van der Waals surface area contributed by atoms with Crippen molar-refractivity contribution >= 4 is 17.9 Å². The van der Waals surface area contributed by atoms with E-state index in [2.05, 4.69) is 17.2 Å². The zero-order valence-corrected chi connectivity index (χ0v) is 25.0. The Balaban J connectivity index is 2.03. The molecule has 8 nitrogen and oxygen atoms in total. The summed E-state index contributed by atoms with van der Waals surface area (Å²) in [4.78, 5) is 42.6. The van der Waals surface area contributed by atoms with E-state index in [0.29, 0.717) is 11.1 Å². The number of hydrogen-bond acceptors (Lipinski definition) is 5. The Labute approximate surface area is 248 Å². The van der Waals surface area contributed by atoms with Crippen LogP contribution in [0.5, 0.6) is 5.75 Å². The zero-order valence-electron chi connectivity index (χ0n) is 25.0. The van der Waals surface area contributed by atoms with Crippen molar-refractivity contribution in [1.82, 2.24) is 15.5 Å². The van der Waals surface area contributed by atoms with Crippen molar-refractivity contribution in [1.29, 1.82) is 0 Å². The van der Waals surface area contributed by atoms with E-state index in [1.807, 2.05) is 62.4 Å². The molecule has 0 radical (unpaired) electrons. The second-order valence-corrected chi connectivity index (χ2v) is 11.3. The van der Waals surface area contributed by atoms with Gasteiger partial charge < -0.3 is 25.4 Å². The van der Waals surface area contributed by atoms with Gasteiger partial charge in [0.1, 0.15) is 23.4 Å². The molecule has 3 amide bonds. The van der Waals surface area contributed by atoms with Gasteiger partial charge in [-0.2, -0.15) is 0 Å². The highest BCUT2D eigenvalue weighted by atomic mass is 16.6. The van der Waals surface area contributed by atoms with Crippen molar-refractivity contribution < 1.29 is 24.2 Å². The first-order chi connectivity index (χ1) is 19.9. The van der Waals surface area contributed by atoms with Crippen molar-refractivity contribution in [2.75, 3.05) is 6.54 Å². The minimum atomic E-state index is -1.07. The number of hydrogen-bond donors (Lipinski definition) is 3. The highest BCUT2D eigenvalue weighted by Crippen LogP contribution is 2.27. The Bertz CT molecular complexity index is 1380. The standard InChI is InChI=1S/C34H41N3O5/c1-7-19-37(32(40)29(36-33(41)42-34(4,5)6)21-25-14-16-27(38)17-15-25)30(28-18-13-23(2)20-24(28)3)31(39)35-22-26-11-9-8-10-12-26/h7-18,20,29-30,38H,1,19,21-22H2,2-6H3,(H,35,39)(H,36,41). The van der Waals surface area contributed by atoms with Gasteiger partial charge in [-0.1, -0.05) is 72.3 Å². The number of amides is 3. The van der Waals surface area contributed by atoms with Crippen LogP contribution >= 0.6 is 0 Å². The fourth-order valence-electron chi connectivity index (χ4n) is 4.64. The summed E-state index contributed by atoms with van der Waals surface area (Å²) in [5.41, 5.74) is 3.39. The summed E-state index contributed by atoms with van der Waals surface area (Å²) >= 11 is 0. The highest BCUT2D eigenvalue weighted by molar-refractivity contribution is 5.92. The second-order valence-electron chi connectivity index (χ2n) is 11.3. The van der Waals surface area contributed by atoms with Crippen LogP contribution in [0.1, 0.15) is 54.6 Å². The van der Waals surface area contributed by atoms with Gasteiger partial charge in [-0.05, 0) is 69.0 Å². The Morgan fingerprint density at radius 2 is 1.64 bits per heavy atom. The van der Waals surface area contributed by atoms with E-state index < -0.39 is 29.7 Å². The van der Waals surface area contributed by atoms with Crippen LogP contribution in [-0.2, 0) is 27.3 Å². The molecule has 0 bridgehead atoms. The van der Waals surface area contributed by atoms with Crippen molar-refractivity contribution in [2.45, 2.75) is 65.3 Å². The van der Waals surface area contributed by atoms with E-state index in [-0.39, 0.29) is 31.2 Å². The number of ether oxygens (including phenoxy) is 1. The van der Waals surface area contributed by atoms with E-state index in [1.54, 1.807) is 39.0 Å². The lowest BCUT2D eigenvalue weighted by atomic mass is 9.95. The third kappa shape index (κ3) is 9.23. The predicted molar refractivity (Wildman–Crippen MR) is 164 cm³/mol. The molecular weight excluding hydrogens is 530 g/mol. The molecule has 0 saturated carbocycles. The number of aryl methyl sites for hydroxylation is 2. The lowest BCUT2D eigenvalue weighted by Crippen LogP contribution is -2.54. The van der Waals surface area contributed by atoms with Crippen LogP contribution in [-0.4, -0.2) is 46.1 Å². The van der Waals surface area contributed by atoms with Crippen LogP contribution in [0.15, 0.2) is 85.5 Å². The number of phenols is 1. The molecule has 8 heteroatoms. The van der Waals surface area contributed by atoms with Crippen LogP contribution in [0, 0.1) is 13.8 Å². The monoisotopic (exact) mass is 571 g/mol. The number of benzene rings is 3. The van der Waals surface area contributed by atoms with E-state index in [1.165, 1.54) is 17.0 Å². The highest BCUT2D eigenvalue weighted by Gasteiger charge is 2.36. The molecule has 0 heterocycles. The molecule has 0 saturated heterocycles. The first kappa shape index (κ1) is 31.9. The van der Waals surface area contributed by atoms with Crippen LogP contribution in [0.4, 0.5) is 4.79 Å². The molecule has 0 spiro atoms. The molecular formula is C34H41N3O5. The molecule has 3 aromatic rings. The second kappa shape index (κ2) is 14.3. The summed E-state index contributed by atoms with van der Waals surface area (Å²) in [7, 11) is 0. The van der Waals surface area contributed by atoms with E-state index >= 15 is 0 Å². The largest absolute Gasteiger partial charge is 0.508 e. The third-order valence-electron chi connectivity index (χ3n) is 6.56. The summed E-state index contributed by atoms with van der Waals surface area (Å²) in [6.45, 7) is 13.3. The first-order valence-corrected chi connectivity index (χ1v) is 14.0. The van der Waals surface area contributed by atoms with Crippen molar-refractivity contribution in [3.8, 4) is 5.75 Å². The quantitative estimate of drug-likeness (QED) is 0.263. The van der Waals surface area contributed by atoms with Gasteiger partial charge in [-0.15, -0.1) is 6.58 Å². The molecule has 3 aromatic carbocycles. The first-order valence-electron chi connectivity index (χ1n) is 14.0. The molecule has 2 unspecified atom stereocenters. The molecule has 0 aliphatic rings. The Kier molecular flexibility index (Phi) is 10.9. The zero-order chi connectivity index (χ0) is 30.9. The fraction of sp³-hybridized carbons (Fsp3) is 0.324. The summed E-state index contributed by atoms with van der Waals surface area (Å²) in [6, 6.07) is 19.6. The average molecular weight is 572 g/mol. The molecule has 42 heavy (non-hydrogen) atoms. The molecule has 3 N–H and O–H groups in total. The third-order valence-corrected chi connectivity index (χ3v) is 6.56. The van der Waals surface area contributed by atoms with Gasteiger partial charge in [-0.3, -0.25) is 9.59 Å². The van der Waals surface area contributed by atoms with Gasteiger partial charge >= 0.3 is 6.09 Å². The smallest absolute Gasteiger partial charge is 0.408 e. The summed E-state index contributed by atoms with van der Waals surface area (Å²) in [5, 5.41) is 15.5. The molecule has 222 valence electrons. The molecule has 2 atom stereocenters. The molecule has 3 rings (SSSR count). The molecule has 0 aromatic heterocycles. The fourth-order valence-corrected chi connectivity index (χ4v) is 4.64. The maximum absolute atomic E-state index is 14.4. The van der Waals surface area contributed by atoms with Crippen LogP contribution in [0.25, 0.3) is 0 Å². The molecule has 0 aliphatic carbocycles. The van der Waals surface area contributed by atoms with Gasteiger partial charge in [0.25, 0.3) is 0 Å². The number of aromatic hydroxyl groups is 1. The Morgan fingerprint density at radius 3 is 2.24 bits per heavy atom. The number of carbonyl (C=O) groups excluding carboxylic acids is 3. The Hall–Kier alpha value is -4.59. The number of nitrogens with one attached hydrogen (secondary N) is 2. The number of rotatable bonds is 11. The van der Waals surface area contributed by atoms with Gasteiger partial charge in [0.05, 0.1) is 0 Å². The SMILES string of the molecule is C=CCN(C(=O)C(Cc1ccc(O)cc1)NC(=O)OC(C)(C)C)C(C(=O)NCc1ccccc1)c1ccc(C)cc1C. The van der Waals surface area contributed by atoms with Gasteiger partial charge in [0.2, 0.25) is 11.8 Å². The number of phenolic OH excluding ortho intramolecular Hbond substituents is 1. The normalized spacial score (nSPS) is 12.5. The number of nitrogens with zero attached hydrogens (tertiary/aromatic N) is 1. The molecule has 0 aliphatic heterocycles. The van der Waals surface area contributed by atoms with Crippen molar-refractivity contribution in [3.63, 3.8) is 0 Å². The van der Waals surface area contributed by atoms with Gasteiger partial charge in [0.15, 0.2) is 0 Å². The minimum absolute atomic E-state index is 0.0532. The lowest BCUT2D eigenvalue weighted by Gasteiger charge is -2.34. The average Bonchev–Trinajstić information content (AvgIpc) is 2.92. The van der Waals surface area contributed by atoms with Gasteiger partial charge in [0, 0.05) is 19.5 Å². The number of alkyl carbamates (subject to hydrolysis) is 1. The van der Waals surface area contributed by atoms with Crippen LogP contribution in [0.3, 0.4) is 0 Å². The van der Waals surface area contributed by atoms with Gasteiger partial charge in [-0.25, -0.2) is 4.79 Å². The lowest BCUT2D eigenvalue weighted by molar-refractivity contribution is -0.141. The summed E-state index contributed by atoms with van der Waals surface area (Å²) in [6.07, 6.45) is 0.913. The van der Waals surface area contributed by atoms with E-state index in [9.17, 15) is 19.5 Å².